The SMILES string of the molecule is CC(C)(CCS(=O)(=O)NCC[N+](C)(C)C)N(Cl)Cl. The Balaban J connectivity index is 4.18. The van der Waals surface area contributed by atoms with Gasteiger partial charge >= 0.3 is 0 Å². The summed E-state index contributed by atoms with van der Waals surface area (Å²) in [5.74, 6) is 0.00703. The quantitative estimate of drug-likeness (QED) is 0.543. The summed E-state index contributed by atoms with van der Waals surface area (Å²) in [5.41, 5.74) is -0.571. The smallest absolute Gasteiger partial charge is 0.211 e. The van der Waals surface area contributed by atoms with Crippen molar-refractivity contribution in [3.05, 3.63) is 0 Å². The third-order valence-electron chi connectivity index (χ3n) is 2.54. The molecule has 0 atom stereocenters. The van der Waals surface area contributed by atoms with Crippen molar-refractivity contribution in [2.24, 2.45) is 0 Å². The second kappa shape index (κ2) is 6.72. The van der Waals surface area contributed by atoms with Gasteiger partial charge in [-0.15, -0.1) is 3.94 Å². The molecule has 0 aliphatic heterocycles. The molecule has 0 heterocycles. The lowest BCUT2D eigenvalue weighted by Gasteiger charge is -2.27. The molecular weight excluding hydrogens is 297 g/mol. The minimum absolute atomic E-state index is 0.00703. The van der Waals surface area contributed by atoms with Crippen molar-refractivity contribution in [3.8, 4) is 0 Å². The molecular formula is C10H24Cl2N3O2S+. The standard InChI is InChI=1S/C10H24Cl2N3O2S/c1-10(2,14(11)12)6-9-18(16,17)13-7-8-15(3,4)5/h13H,6-9H2,1-5H3/q+1. The first-order valence-corrected chi connectivity index (χ1v) is 8.08. The van der Waals surface area contributed by atoms with E-state index >= 15 is 0 Å². The molecule has 1 N–H and O–H groups in total. The van der Waals surface area contributed by atoms with E-state index in [-0.39, 0.29) is 5.75 Å². The van der Waals surface area contributed by atoms with Crippen LogP contribution >= 0.6 is 23.6 Å². The highest BCUT2D eigenvalue weighted by molar-refractivity contribution is 7.89. The van der Waals surface area contributed by atoms with Crippen molar-refractivity contribution < 1.29 is 12.9 Å². The third kappa shape index (κ3) is 8.50. The lowest BCUT2D eigenvalue weighted by Crippen LogP contribution is -2.43. The van der Waals surface area contributed by atoms with Crippen LogP contribution in [0.5, 0.6) is 0 Å². The van der Waals surface area contributed by atoms with Gasteiger partial charge < -0.3 is 4.48 Å². The fraction of sp³-hybridized carbons (Fsp3) is 1.00. The maximum Gasteiger partial charge on any atom is 0.211 e. The third-order valence-corrected chi connectivity index (χ3v) is 4.85. The zero-order valence-corrected chi connectivity index (χ0v) is 14.0. The molecule has 5 nitrogen and oxygen atoms in total. The summed E-state index contributed by atoms with van der Waals surface area (Å²) in [5, 5.41) is 0. The van der Waals surface area contributed by atoms with Crippen LogP contribution < -0.4 is 4.72 Å². The van der Waals surface area contributed by atoms with Crippen LogP contribution in [0.3, 0.4) is 0 Å². The van der Waals surface area contributed by atoms with Crippen molar-refractivity contribution >= 4 is 33.6 Å². The Bertz CT molecular complexity index is 351. The Kier molecular flexibility index (Phi) is 6.87. The summed E-state index contributed by atoms with van der Waals surface area (Å²) >= 11 is 11.3. The highest BCUT2D eigenvalue weighted by atomic mass is 35.5. The van der Waals surface area contributed by atoms with Gasteiger partial charge in [-0.05, 0) is 43.8 Å². The molecule has 0 unspecified atom stereocenters. The molecule has 0 radical (unpaired) electrons. The van der Waals surface area contributed by atoms with E-state index in [0.29, 0.717) is 17.4 Å². The van der Waals surface area contributed by atoms with Crippen LogP contribution in [-0.4, -0.2) is 62.4 Å². The Morgan fingerprint density at radius 3 is 2.11 bits per heavy atom. The fourth-order valence-corrected chi connectivity index (χ4v) is 2.56. The van der Waals surface area contributed by atoms with E-state index in [1.54, 1.807) is 13.8 Å². The Labute approximate surface area is 121 Å². The van der Waals surface area contributed by atoms with Crippen LogP contribution in [0.2, 0.25) is 0 Å². The zero-order chi connectivity index (χ0) is 14.6. The van der Waals surface area contributed by atoms with Gasteiger partial charge in [0.15, 0.2) is 0 Å². The maximum absolute atomic E-state index is 11.8. The van der Waals surface area contributed by atoms with Crippen molar-refractivity contribution in [2.75, 3.05) is 40.0 Å². The first-order chi connectivity index (χ1) is 7.86. The van der Waals surface area contributed by atoms with Gasteiger partial charge in [0.2, 0.25) is 10.0 Å². The zero-order valence-electron chi connectivity index (χ0n) is 11.7. The number of hydrogen-bond donors (Lipinski definition) is 1. The molecule has 0 aromatic carbocycles. The van der Waals surface area contributed by atoms with E-state index in [4.69, 9.17) is 23.6 Å². The Morgan fingerprint density at radius 2 is 1.72 bits per heavy atom. The number of nitrogens with one attached hydrogen (secondary N) is 1. The molecule has 0 amide bonds. The number of sulfonamides is 1. The first-order valence-electron chi connectivity index (χ1n) is 5.75. The highest BCUT2D eigenvalue weighted by Gasteiger charge is 2.27. The predicted octanol–water partition coefficient (Wildman–Crippen LogP) is 1.39. The topological polar surface area (TPSA) is 49.4 Å². The number of quaternary nitrogens is 1. The largest absolute Gasteiger partial charge is 0.330 e. The lowest BCUT2D eigenvalue weighted by molar-refractivity contribution is -0.869. The number of rotatable bonds is 8. The van der Waals surface area contributed by atoms with Crippen LogP contribution in [0.1, 0.15) is 20.3 Å². The molecule has 0 rings (SSSR count). The minimum atomic E-state index is -3.27. The van der Waals surface area contributed by atoms with Gasteiger partial charge in [-0.1, -0.05) is 0 Å². The summed E-state index contributed by atoms with van der Waals surface area (Å²) in [6.07, 6.45) is 0.361. The second-order valence-corrected chi connectivity index (χ2v) is 8.80. The van der Waals surface area contributed by atoms with Gasteiger partial charge in [-0.3, -0.25) is 0 Å². The molecule has 0 fully saturated rings. The van der Waals surface area contributed by atoms with Gasteiger partial charge in [0.1, 0.15) is 0 Å². The van der Waals surface area contributed by atoms with Crippen LogP contribution in [0.4, 0.5) is 0 Å². The number of nitrogens with zero attached hydrogens (tertiary/aromatic N) is 2. The van der Waals surface area contributed by atoms with E-state index in [2.05, 4.69) is 4.72 Å². The molecule has 0 aliphatic carbocycles. The van der Waals surface area contributed by atoms with Crippen molar-refractivity contribution in [1.82, 2.24) is 8.66 Å². The van der Waals surface area contributed by atoms with Crippen molar-refractivity contribution in [2.45, 2.75) is 25.8 Å². The second-order valence-electron chi connectivity index (χ2n) is 6.02. The van der Waals surface area contributed by atoms with E-state index in [1.165, 1.54) is 0 Å². The maximum atomic E-state index is 11.8. The summed E-state index contributed by atoms with van der Waals surface area (Å²) in [4.78, 5) is 0. The number of hydrogen-bond acceptors (Lipinski definition) is 3. The van der Waals surface area contributed by atoms with Gasteiger partial charge in [0.25, 0.3) is 0 Å². The Morgan fingerprint density at radius 1 is 1.22 bits per heavy atom. The van der Waals surface area contributed by atoms with Gasteiger partial charge in [0.05, 0.1) is 40.0 Å². The molecule has 0 aromatic heterocycles. The van der Waals surface area contributed by atoms with Crippen molar-refractivity contribution in [3.63, 3.8) is 0 Å². The minimum Gasteiger partial charge on any atom is -0.330 e. The summed E-state index contributed by atoms with van der Waals surface area (Å²) in [6, 6.07) is 0. The van der Waals surface area contributed by atoms with Crippen LogP contribution in [0.15, 0.2) is 0 Å². The fourth-order valence-electron chi connectivity index (χ4n) is 1.08. The first kappa shape index (κ1) is 18.4. The highest BCUT2D eigenvalue weighted by Crippen LogP contribution is 2.23. The van der Waals surface area contributed by atoms with E-state index in [1.807, 2.05) is 21.1 Å². The average molecular weight is 321 g/mol. The molecule has 0 aromatic rings. The van der Waals surface area contributed by atoms with E-state index < -0.39 is 15.6 Å². The van der Waals surface area contributed by atoms with E-state index in [0.717, 1.165) is 10.5 Å². The van der Waals surface area contributed by atoms with Crippen LogP contribution in [-0.2, 0) is 10.0 Å². The van der Waals surface area contributed by atoms with Crippen molar-refractivity contribution in [1.29, 1.82) is 0 Å². The van der Waals surface area contributed by atoms with Gasteiger partial charge in [0, 0.05) is 5.54 Å². The molecule has 110 valence electrons. The van der Waals surface area contributed by atoms with Crippen LogP contribution in [0.25, 0.3) is 0 Å². The summed E-state index contributed by atoms with van der Waals surface area (Å²) in [6.45, 7) is 4.74. The predicted molar refractivity (Wildman–Crippen MR) is 76.9 cm³/mol. The molecule has 0 aliphatic rings. The van der Waals surface area contributed by atoms with Gasteiger partial charge in [-0.2, -0.15) is 0 Å². The molecule has 0 bridgehead atoms. The van der Waals surface area contributed by atoms with Gasteiger partial charge in [-0.25, -0.2) is 13.1 Å². The van der Waals surface area contributed by atoms with E-state index in [9.17, 15) is 8.42 Å². The molecule has 0 saturated carbocycles. The molecule has 8 heteroatoms. The average Bonchev–Trinajstić information content (AvgIpc) is 2.12. The summed E-state index contributed by atoms with van der Waals surface area (Å²) < 4.78 is 27.8. The Hall–Kier alpha value is 0.410. The van der Waals surface area contributed by atoms with Crippen LogP contribution in [0, 0.1) is 0 Å². The number of likely N-dealkylation sites (N-methyl/N-ethyl adjacent to an activating group) is 1. The molecule has 0 saturated heterocycles. The summed E-state index contributed by atoms with van der Waals surface area (Å²) in [7, 11) is 2.76. The number of halogens is 2. The normalized spacial score (nSPS) is 14.2. The lowest BCUT2D eigenvalue weighted by atomic mass is 10.0. The monoisotopic (exact) mass is 320 g/mol. The molecule has 18 heavy (non-hydrogen) atoms. The molecule has 0 spiro atoms.